The van der Waals surface area contributed by atoms with Crippen LogP contribution in [0.4, 0.5) is 0 Å². The number of hydrogen-bond acceptors (Lipinski definition) is 3. The van der Waals surface area contributed by atoms with Crippen LogP contribution in [0, 0.1) is 5.92 Å². The normalized spacial score (nSPS) is 24.7. The Morgan fingerprint density at radius 1 is 1.12 bits per heavy atom. The van der Waals surface area contributed by atoms with Crippen molar-refractivity contribution in [3.63, 3.8) is 0 Å². The fourth-order valence-electron chi connectivity index (χ4n) is 2.24. The van der Waals surface area contributed by atoms with Crippen molar-refractivity contribution in [2.75, 3.05) is 26.2 Å². The van der Waals surface area contributed by atoms with Crippen LogP contribution in [0.25, 0.3) is 0 Å². The van der Waals surface area contributed by atoms with Gasteiger partial charge < -0.3 is 15.4 Å². The Bertz CT molecular complexity index is 195. The fraction of sp³-hybridized carbons (Fsp3) is 1.00. The molecule has 0 amide bonds. The van der Waals surface area contributed by atoms with Crippen LogP contribution in [0.3, 0.4) is 0 Å². The van der Waals surface area contributed by atoms with Crippen LogP contribution in [0.5, 0.6) is 0 Å². The van der Waals surface area contributed by atoms with Gasteiger partial charge in [-0.2, -0.15) is 0 Å². The highest BCUT2D eigenvalue weighted by molar-refractivity contribution is 4.80. The third-order valence-corrected chi connectivity index (χ3v) is 3.28. The lowest BCUT2D eigenvalue weighted by Crippen LogP contribution is -2.40. The monoisotopic (exact) mass is 242 g/mol. The minimum absolute atomic E-state index is 0.236. The maximum Gasteiger partial charge on any atom is 0.0580 e. The van der Waals surface area contributed by atoms with E-state index in [0.29, 0.717) is 6.10 Å². The second-order valence-corrected chi connectivity index (χ2v) is 6.13. The van der Waals surface area contributed by atoms with Crippen molar-refractivity contribution < 1.29 is 4.74 Å². The zero-order chi connectivity index (χ0) is 12.7. The molecule has 1 aliphatic rings. The lowest BCUT2D eigenvalue weighted by molar-refractivity contribution is -0.0262. The summed E-state index contributed by atoms with van der Waals surface area (Å²) in [6.07, 6.45) is 4.41. The van der Waals surface area contributed by atoms with Crippen molar-refractivity contribution >= 4 is 0 Å². The largest absolute Gasteiger partial charge is 0.378 e. The van der Waals surface area contributed by atoms with E-state index in [1.807, 2.05) is 0 Å². The highest BCUT2D eigenvalue weighted by Gasteiger charge is 2.28. The van der Waals surface area contributed by atoms with E-state index >= 15 is 0 Å². The van der Waals surface area contributed by atoms with E-state index in [1.54, 1.807) is 0 Å². The minimum Gasteiger partial charge on any atom is -0.378 e. The van der Waals surface area contributed by atoms with Gasteiger partial charge in [0, 0.05) is 25.2 Å². The van der Waals surface area contributed by atoms with Gasteiger partial charge in [0.25, 0.3) is 0 Å². The Morgan fingerprint density at radius 2 is 1.82 bits per heavy atom. The minimum atomic E-state index is 0.236. The molecule has 2 N–H and O–H groups in total. The SMILES string of the molecule is CCOC1CC(CCNCCNC(C)(C)C)C1. The molecule has 0 radical (unpaired) electrons. The van der Waals surface area contributed by atoms with E-state index in [4.69, 9.17) is 4.74 Å². The summed E-state index contributed by atoms with van der Waals surface area (Å²) in [5.74, 6) is 0.898. The second kappa shape index (κ2) is 7.34. The van der Waals surface area contributed by atoms with E-state index in [2.05, 4.69) is 38.3 Å². The molecule has 0 bridgehead atoms. The van der Waals surface area contributed by atoms with Gasteiger partial charge in [-0.1, -0.05) is 0 Å². The van der Waals surface area contributed by atoms with Crippen LogP contribution < -0.4 is 10.6 Å². The summed E-state index contributed by atoms with van der Waals surface area (Å²) in [7, 11) is 0. The molecule has 0 atom stereocenters. The summed E-state index contributed by atoms with van der Waals surface area (Å²) in [5, 5.41) is 6.98. The lowest BCUT2D eigenvalue weighted by atomic mass is 9.80. The Hall–Kier alpha value is -0.120. The van der Waals surface area contributed by atoms with Crippen LogP contribution >= 0.6 is 0 Å². The zero-order valence-electron chi connectivity index (χ0n) is 12.0. The van der Waals surface area contributed by atoms with Crippen molar-refractivity contribution in [2.24, 2.45) is 5.92 Å². The average molecular weight is 242 g/mol. The Labute approximate surface area is 107 Å². The van der Waals surface area contributed by atoms with Gasteiger partial charge in [0.15, 0.2) is 0 Å². The molecule has 102 valence electrons. The molecular weight excluding hydrogens is 212 g/mol. The highest BCUT2D eigenvalue weighted by atomic mass is 16.5. The van der Waals surface area contributed by atoms with E-state index in [1.165, 1.54) is 19.3 Å². The fourth-order valence-corrected chi connectivity index (χ4v) is 2.24. The van der Waals surface area contributed by atoms with E-state index in [9.17, 15) is 0 Å². The van der Waals surface area contributed by atoms with Crippen molar-refractivity contribution in [1.82, 2.24) is 10.6 Å². The van der Waals surface area contributed by atoms with Crippen LogP contribution in [-0.4, -0.2) is 37.9 Å². The van der Waals surface area contributed by atoms with E-state index in [-0.39, 0.29) is 5.54 Å². The smallest absolute Gasteiger partial charge is 0.0580 e. The van der Waals surface area contributed by atoms with Gasteiger partial charge in [-0.15, -0.1) is 0 Å². The molecular formula is C14H30N2O. The molecule has 17 heavy (non-hydrogen) atoms. The maximum absolute atomic E-state index is 5.56. The first-order valence-corrected chi connectivity index (χ1v) is 7.08. The third-order valence-electron chi connectivity index (χ3n) is 3.28. The van der Waals surface area contributed by atoms with Gasteiger partial charge in [0.1, 0.15) is 0 Å². The molecule has 1 aliphatic carbocycles. The standard InChI is InChI=1S/C14H30N2O/c1-5-17-13-10-12(11-13)6-7-15-8-9-16-14(2,3)4/h12-13,15-16H,5-11H2,1-4H3. The summed E-state index contributed by atoms with van der Waals surface area (Å²) in [6.45, 7) is 12.8. The second-order valence-electron chi connectivity index (χ2n) is 6.13. The predicted octanol–water partition coefficient (Wildman–Crippen LogP) is 2.17. The Morgan fingerprint density at radius 3 is 2.41 bits per heavy atom. The molecule has 0 saturated heterocycles. The molecule has 0 spiro atoms. The Balaban J connectivity index is 1.83. The third kappa shape index (κ3) is 7.02. The summed E-state index contributed by atoms with van der Waals surface area (Å²) in [5.41, 5.74) is 0.236. The molecule has 3 heteroatoms. The number of hydrogen-bond donors (Lipinski definition) is 2. The zero-order valence-corrected chi connectivity index (χ0v) is 12.0. The first-order chi connectivity index (χ1) is 8.01. The van der Waals surface area contributed by atoms with Gasteiger partial charge in [-0.3, -0.25) is 0 Å². The number of nitrogens with one attached hydrogen (secondary N) is 2. The lowest BCUT2D eigenvalue weighted by Gasteiger charge is -2.35. The summed E-state index contributed by atoms with van der Waals surface area (Å²) in [6, 6.07) is 0. The highest BCUT2D eigenvalue weighted by Crippen LogP contribution is 2.32. The molecule has 1 fully saturated rings. The van der Waals surface area contributed by atoms with E-state index in [0.717, 1.165) is 32.2 Å². The van der Waals surface area contributed by atoms with Crippen molar-refractivity contribution in [1.29, 1.82) is 0 Å². The van der Waals surface area contributed by atoms with Crippen molar-refractivity contribution in [3.05, 3.63) is 0 Å². The molecule has 1 saturated carbocycles. The molecule has 1 rings (SSSR count). The van der Waals surface area contributed by atoms with Gasteiger partial charge in [-0.05, 0) is 59.4 Å². The first-order valence-electron chi connectivity index (χ1n) is 7.08. The maximum atomic E-state index is 5.56. The van der Waals surface area contributed by atoms with Crippen LogP contribution in [0.2, 0.25) is 0 Å². The first kappa shape index (κ1) is 14.9. The summed E-state index contributed by atoms with van der Waals surface area (Å²) >= 11 is 0. The number of rotatable bonds is 8. The average Bonchev–Trinajstić information content (AvgIpc) is 2.17. The molecule has 0 aromatic rings. The number of ether oxygens (including phenoxy) is 1. The van der Waals surface area contributed by atoms with Gasteiger partial charge in [-0.25, -0.2) is 0 Å². The summed E-state index contributed by atoms with van der Waals surface area (Å²) < 4.78 is 5.56. The molecule has 0 heterocycles. The van der Waals surface area contributed by atoms with Gasteiger partial charge in [0.05, 0.1) is 6.10 Å². The van der Waals surface area contributed by atoms with Crippen LogP contribution in [0.1, 0.15) is 47.0 Å². The molecule has 3 nitrogen and oxygen atoms in total. The molecule has 0 unspecified atom stereocenters. The quantitative estimate of drug-likeness (QED) is 0.640. The summed E-state index contributed by atoms with van der Waals surface area (Å²) in [4.78, 5) is 0. The van der Waals surface area contributed by atoms with Crippen molar-refractivity contribution in [3.8, 4) is 0 Å². The Kier molecular flexibility index (Phi) is 6.45. The van der Waals surface area contributed by atoms with E-state index < -0.39 is 0 Å². The van der Waals surface area contributed by atoms with Gasteiger partial charge >= 0.3 is 0 Å². The molecule has 0 aromatic heterocycles. The van der Waals surface area contributed by atoms with Crippen LogP contribution in [0.15, 0.2) is 0 Å². The van der Waals surface area contributed by atoms with Gasteiger partial charge in [0.2, 0.25) is 0 Å². The topological polar surface area (TPSA) is 33.3 Å². The van der Waals surface area contributed by atoms with Crippen LogP contribution in [-0.2, 0) is 4.74 Å². The molecule has 0 aliphatic heterocycles. The molecule has 0 aromatic carbocycles. The van der Waals surface area contributed by atoms with Crippen molar-refractivity contribution in [2.45, 2.75) is 58.6 Å². The predicted molar refractivity (Wildman–Crippen MR) is 73.4 cm³/mol.